The first-order valence-corrected chi connectivity index (χ1v) is 7.47. The lowest BCUT2D eigenvalue weighted by Crippen LogP contribution is -2.66. The second kappa shape index (κ2) is 4.88. The molecule has 1 aromatic rings. The van der Waals surface area contributed by atoms with Crippen LogP contribution in [0.25, 0.3) is 0 Å². The number of fused-ring (bicyclic) bond motifs is 1. The Morgan fingerprint density at radius 2 is 2.25 bits per heavy atom. The summed E-state index contributed by atoms with van der Waals surface area (Å²) in [6.45, 7) is 6.02. The zero-order valence-corrected chi connectivity index (χ0v) is 12.6. The predicted molar refractivity (Wildman–Crippen MR) is 75.6 cm³/mol. The molecule has 0 saturated carbocycles. The van der Waals surface area contributed by atoms with Crippen molar-refractivity contribution in [3.63, 3.8) is 0 Å². The molecule has 2 aliphatic rings. The summed E-state index contributed by atoms with van der Waals surface area (Å²) in [5.74, 6) is 0.571. The van der Waals surface area contributed by atoms with E-state index in [0.29, 0.717) is 17.6 Å². The summed E-state index contributed by atoms with van der Waals surface area (Å²) in [6, 6.07) is 0.291. The fourth-order valence-corrected chi connectivity index (χ4v) is 3.81. The lowest BCUT2D eigenvalue weighted by molar-refractivity contribution is -0.0349. The van der Waals surface area contributed by atoms with Crippen LogP contribution in [0.5, 0.6) is 0 Å². The Morgan fingerprint density at radius 1 is 1.45 bits per heavy atom. The number of carbonyl (C=O) groups excluding carboxylic acids is 1. The summed E-state index contributed by atoms with van der Waals surface area (Å²) in [4.78, 5) is 21.3. The number of aromatic nitrogens is 1. The van der Waals surface area contributed by atoms with Crippen molar-refractivity contribution in [3.05, 3.63) is 17.8 Å². The Bertz CT molecular complexity index is 513. The summed E-state index contributed by atoms with van der Waals surface area (Å²) in [7, 11) is 2.18. The maximum atomic E-state index is 12.7. The zero-order chi connectivity index (χ0) is 14.3. The monoisotopic (exact) mass is 277 g/mol. The molecule has 2 aliphatic heterocycles. The number of hydrogen-bond donors (Lipinski definition) is 0. The van der Waals surface area contributed by atoms with Crippen LogP contribution in [0.4, 0.5) is 0 Å². The molecule has 2 fully saturated rings. The molecule has 0 aliphatic carbocycles. The number of likely N-dealkylation sites (tertiary alicyclic amines) is 2. The van der Waals surface area contributed by atoms with Gasteiger partial charge < -0.3 is 9.32 Å². The lowest BCUT2D eigenvalue weighted by Gasteiger charge is -2.55. The van der Waals surface area contributed by atoms with Crippen molar-refractivity contribution >= 4 is 5.91 Å². The van der Waals surface area contributed by atoms with E-state index in [0.717, 1.165) is 38.8 Å². The first-order chi connectivity index (χ1) is 9.52. The van der Waals surface area contributed by atoms with Crippen molar-refractivity contribution in [2.45, 2.75) is 51.1 Å². The first-order valence-electron chi connectivity index (χ1n) is 7.47. The van der Waals surface area contributed by atoms with Gasteiger partial charge in [0.25, 0.3) is 5.91 Å². The van der Waals surface area contributed by atoms with Gasteiger partial charge in [0.1, 0.15) is 6.26 Å². The van der Waals surface area contributed by atoms with Crippen LogP contribution < -0.4 is 0 Å². The molecule has 3 heterocycles. The third-order valence-electron chi connectivity index (χ3n) is 5.12. The topological polar surface area (TPSA) is 49.6 Å². The number of amides is 1. The van der Waals surface area contributed by atoms with Gasteiger partial charge in [-0.1, -0.05) is 0 Å². The highest BCUT2D eigenvalue weighted by molar-refractivity contribution is 5.92. The van der Waals surface area contributed by atoms with Crippen molar-refractivity contribution < 1.29 is 9.21 Å². The van der Waals surface area contributed by atoms with Crippen LogP contribution in [0.1, 0.15) is 49.0 Å². The number of piperidine rings is 2. The summed E-state index contributed by atoms with van der Waals surface area (Å²) in [6.07, 6.45) is 5.94. The van der Waals surface area contributed by atoms with Gasteiger partial charge in [-0.25, -0.2) is 4.98 Å². The number of rotatable bonds is 1. The number of nitrogens with zero attached hydrogens (tertiary/aromatic N) is 3. The Balaban J connectivity index is 1.87. The van der Waals surface area contributed by atoms with E-state index >= 15 is 0 Å². The molecule has 5 heteroatoms. The van der Waals surface area contributed by atoms with Gasteiger partial charge in [0.15, 0.2) is 11.6 Å². The van der Waals surface area contributed by atoms with Gasteiger partial charge in [-0.2, -0.15) is 0 Å². The van der Waals surface area contributed by atoms with Gasteiger partial charge in [0.2, 0.25) is 0 Å². The first kappa shape index (κ1) is 13.6. The molecule has 2 saturated heterocycles. The Labute approximate surface area is 119 Å². The molecule has 0 aromatic carbocycles. The molecule has 0 unspecified atom stereocenters. The van der Waals surface area contributed by atoms with E-state index in [1.54, 1.807) is 6.92 Å². The molecule has 0 bridgehead atoms. The maximum absolute atomic E-state index is 12.7. The molecule has 0 N–H and O–H groups in total. The second-order valence-corrected chi connectivity index (χ2v) is 6.29. The lowest BCUT2D eigenvalue weighted by atomic mass is 9.76. The van der Waals surface area contributed by atoms with E-state index in [2.05, 4.69) is 23.9 Å². The van der Waals surface area contributed by atoms with Crippen LogP contribution in [-0.4, -0.2) is 52.4 Å². The Morgan fingerprint density at radius 3 is 2.95 bits per heavy atom. The standard InChI is InChI=1S/C15H23N3O2/c1-11-16-12(10-20-11)14(19)18-9-5-7-15(2)13(18)6-4-8-17(15)3/h10,13H,4-9H2,1-3H3/t13-,15+/m1/s1. The van der Waals surface area contributed by atoms with Crippen molar-refractivity contribution in [2.75, 3.05) is 20.1 Å². The van der Waals surface area contributed by atoms with Crippen molar-refractivity contribution in [2.24, 2.45) is 0 Å². The molecule has 20 heavy (non-hydrogen) atoms. The van der Waals surface area contributed by atoms with E-state index in [1.165, 1.54) is 6.26 Å². The normalized spacial score (nSPS) is 31.1. The minimum absolute atomic E-state index is 0.0214. The van der Waals surface area contributed by atoms with Gasteiger partial charge in [-0.15, -0.1) is 0 Å². The highest BCUT2D eigenvalue weighted by atomic mass is 16.3. The van der Waals surface area contributed by atoms with Crippen LogP contribution >= 0.6 is 0 Å². The molecule has 110 valence electrons. The van der Waals surface area contributed by atoms with Crippen molar-refractivity contribution in [3.8, 4) is 0 Å². The minimum atomic E-state index is 0.0214. The quantitative estimate of drug-likeness (QED) is 0.788. The number of aryl methyl sites for hydroxylation is 1. The van der Waals surface area contributed by atoms with Crippen LogP contribution in [0.15, 0.2) is 10.7 Å². The average molecular weight is 277 g/mol. The highest BCUT2D eigenvalue weighted by Crippen LogP contribution is 2.38. The molecule has 1 amide bonds. The molecule has 2 atom stereocenters. The maximum Gasteiger partial charge on any atom is 0.276 e. The molecular formula is C15H23N3O2. The van der Waals surface area contributed by atoms with Gasteiger partial charge in [0, 0.05) is 19.0 Å². The smallest absolute Gasteiger partial charge is 0.276 e. The van der Waals surface area contributed by atoms with E-state index in [4.69, 9.17) is 4.42 Å². The molecule has 5 nitrogen and oxygen atoms in total. The fraction of sp³-hybridized carbons (Fsp3) is 0.733. The van der Waals surface area contributed by atoms with Crippen LogP contribution in [-0.2, 0) is 0 Å². The minimum Gasteiger partial charge on any atom is -0.448 e. The predicted octanol–water partition coefficient (Wildman–Crippen LogP) is 2.07. The van der Waals surface area contributed by atoms with E-state index in [-0.39, 0.29) is 11.4 Å². The highest BCUT2D eigenvalue weighted by Gasteiger charge is 2.47. The molecular weight excluding hydrogens is 254 g/mol. The number of oxazole rings is 1. The van der Waals surface area contributed by atoms with Gasteiger partial charge >= 0.3 is 0 Å². The van der Waals surface area contributed by atoms with Crippen molar-refractivity contribution in [1.82, 2.24) is 14.8 Å². The van der Waals surface area contributed by atoms with E-state index in [1.807, 2.05) is 4.90 Å². The van der Waals surface area contributed by atoms with E-state index in [9.17, 15) is 4.79 Å². The molecule has 1 aromatic heterocycles. The summed E-state index contributed by atoms with van der Waals surface area (Å²) in [5.41, 5.74) is 0.547. The number of likely N-dealkylation sites (N-methyl/N-ethyl adjacent to an activating group) is 1. The Hall–Kier alpha value is -1.36. The molecule has 0 spiro atoms. The molecule has 0 radical (unpaired) electrons. The Kier molecular flexibility index (Phi) is 3.32. The largest absolute Gasteiger partial charge is 0.448 e. The van der Waals surface area contributed by atoms with Crippen LogP contribution in [0.2, 0.25) is 0 Å². The summed E-state index contributed by atoms with van der Waals surface area (Å²) >= 11 is 0. The van der Waals surface area contributed by atoms with E-state index < -0.39 is 0 Å². The molecule has 3 rings (SSSR count). The SMILES string of the molecule is Cc1nc(C(=O)N2CCC[C@@]3(C)[C@H]2CCCN3C)co1. The second-order valence-electron chi connectivity index (χ2n) is 6.29. The number of carbonyl (C=O) groups is 1. The summed E-state index contributed by atoms with van der Waals surface area (Å²) in [5, 5.41) is 0. The summed E-state index contributed by atoms with van der Waals surface area (Å²) < 4.78 is 5.19. The van der Waals surface area contributed by atoms with Crippen LogP contribution in [0.3, 0.4) is 0 Å². The number of hydrogen-bond acceptors (Lipinski definition) is 4. The van der Waals surface area contributed by atoms with Crippen molar-refractivity contribution in [1.29, 1.82) is 0 Å². The van der Waals surface area contributed by atoms with Crippen LogP contribution in [0, 0.1) is 6.92 Å². The fourth-order valence-electron chi connectivity index (χ4n) is 3.81. The average Bonchev–Trinajstić information content (AvgIpc) is 2.85. The van der Waals surface area contributed by atoms with Gasteiger partial charge in [-0.3, -0.25) is 9.69 Å². The third-order valence-corrected chi connectivity index (χ3v) is 5.12. The zero-order valence-electron chi connectivity index (χ0n) is 12.6. The van der Waals surface area contributed by atoms with Gasteiger partial charge in [0.05, 0.1) is 6.04 Å². The van der Waals surface area contributed by atoms with Gasteiger partial charge in [-0.05, 0) is 46.2 Å². The third kappa shape index (κ3) is 2.04.